The number of nitrogens with one attached hydrogen (secondary N) is 1. The van der Waals surface area contributed by atoms with Crippen LogP contribution in [0.1, 0.15) is 36.0 Å². The Kier molecular flexibility index (Phi) is 5.68. The lowest BCUT2D eigenvalue weighted by Crippen LogP contribution is -2.39. The van der Waals surface area contributed by atoms with Crippen LogP contribution >= 0.6 is 27.5 Å². The van der Waals surface area contributed by atoms with E-state index in [1.165, 1.54) is 0 Å². The number of amides is 1. The highest BCUT2D eigenvalue weighted by Gasteiger charge is 2.25. The lowest BCUT2D eigenvalue weighted by atomic mass is 9.92. The van der Waals surface area contributed by atoms with E-state index in [1.807, 2.05) is 6.07 Å². The fraction of sp³-hybridized carbons (Fsp3) is 0.353. The van der Waals surface area contributed by atoms with Gasteiger partial charge in [-0.2, -0.15) is 0 Å². The van der Waals surface area contributed by atoms with E-state index >= 15 is 0 Å². The number of nitrogens with zero attached hydrogens (tertiary/aromatic N) is 2. The van der Waals surface area contributed by atoms with Gasteiger partial charge in [-0.3, -0.25) is 4.79 Å². The molecule has 0 aliphatic heterocycles. The Morgan fingerprint density at radius 3 is 2.62 bits per heavy atom. The standard InChI is InChI=1S/C17H17BrClN3O2/c18-11-2-7-15(19)14(10-11)16(23)22-12-3-5-13(6-4-12)24-17-20-8-1-9-21-17/h1-2,7-10,12-13H,3-6H2,(H,22,23). The molecule has 1 heterocycles. The largest absolute Gasteiger partial charge is 0.460 e. The first-order valence-corrected chi connectivity index (χ1v) is 8.98. The molecule has 3 rings (SSSR count). The van der Waals surface area contributed by atoms with Gasteiger partial charge in [0, 0.05) is 22.9 Å². The average Bonchev–Trinajstić information content (AvgIpc) is 2.59. The third-order valence-electron chi connectivity index (χ3n) is 4.00. The lowest BCUT2D eigenvalue weighted by Gasteiger charge is -2.28. The molecule has 1 aliphatic rings. The quantitative estimate of drug-likeness (QED) is 0.827. The molecule has 1 N–H and O–H groups in total. The van der Waals surface area contributed by atoms with Crippen LogP contribution in [0, 0.1) is 0 Å². The molecule has 1 aliphatic carbocycles. The van der Waals surface area contributed by atoms with Crippen LogP contribution in [0.25, 0.3) is 0 Å². The Morgan fingerprint density at radius 2 is 1.92 bits per heavy atom. The van der Waals surface area contributed by atoms with Crippen molar-refractivity contribution in [2.24, 2.45) is 0 Å². The van der Waals surface area contributed by atoms with Gasteiger partial charge in [-0.25, -0.2) is 9.97 Å². The van der Waals surface area contributed by atoms with Crippen molar-refractivity contribution in [3.8, 4) is 6.01 Å². The maximum Gasteiger partial charge on any atom is 0.316 e. The Bertz CT molecular complexity index is 706. The summed E-state index contributed by atoms with van der Waals surface area (Å²) in [7, 11) is 0. The van der Waals surface area contributed by atoms with E-state index in [2.05, 4.69) is 31.2 Å². The molecule has 126 valence electrons. The van der Waals surface area contributed by atoms with Crippen LogP contribution in [0.2, 0.25) is 5.02 Å². The van der Waals surface area contributed by atoms with E-state index in [9.17, 15) is 4.79 Å². The van der Waals surface area contributed by atoms with Gasteiger partial charge in [0.2, 0.25) is 0 Å². The number of ether oxygens (including phenoxy) is 1. The zero-order valence-electron chi connectivity index (χ0n) is 12.9. The molecule has 1 aromatic heterocycles. The average molecular weight is 411 g/mol. The summed E-state index contributed by atoms with van der Waals surface area (Å²) < 4.78 is 6.60. The maximum atomic E-state index is 12.4. The fourth-order valence-corrected chi connectivity index (χ4v) is 3.32. The second-order valence-corrected chi connectivity index (χ2v) is 7.04. The number of carbonyl (C=O) groups excluding carboxylic acids is 1. The summed E-state index contributed by atoms with van der Waals surface area (Å²) in [5.41, 5.74) is 0.488. The van der Waals surface area contributed by atoms with Gasteiger partial charge in [0.1, 0.15) is 6.10 Å². The number of hydrogen-bond acceptors (Lipinski definition) is 4. The number of rotatable bonds is 4. The van der Waals surface area contributed by atoms with Crippen LogP contribution in [-0.2, 0) is 0 Å². The fourth-order valence-electron chi connectivity index (χ4n) is 2.76. The highest BCUT2D eigenvalue weighted by molar-refractivity contribution is 9.10. The molecule has 0 spiro atoms. The molecule has 0 unspecified atom stereocenters. The smallest absolute Gasteiger partial charge is 0.316 e. The molecule has 0 atom stereocenters. The first-order valence-electron chi connectivity index (χ1n) is 7.81. The van der Waals surface area contributed by atoms with Crippen molar-refractivity contribution >= 4 is 33.4 Å². The summed E-state index contributed by atoms with van der Waals surface area (Å²) in [4.78, 5) is 20.5. The first kappa shape index (κ1) is 17.2. The van der Waals surface area contributed by atoms with Crippen LogP contribution in [0.5, 0.6) is 6.01 Å². The van der Waals surface area contributed by atoms with Crippen LogP contribution in [0.4, 0.5) is 0 Å². The molecule has 1 aromatic carbocycles. The number of carbonyl (C=O) groups is 1. The van der Waals surface area contributed by atoms with Crippen molar-refractivity contribution in [3.05, 3.63) is 51.7 Å². The molecule has 24 heavy (non-hydrogen) atoms. The highest BCUT2D eigenvalue weighted by atomic mass is 79.9. The zero-order valence-corrected chi connectivity index (χ0v) is 15.3. The monoisotopic (exact) mass is 409 g/mol. The Hall–Kier alpha value is -1.66. The molecule has 7 heteroatoms. The minimum Gasteiger partial charge on any atom is -0.460 e. The molecular formula is C17H17BrClN3O2. The molecule has 1 fully saturated rings. The van der Waals surface area contributed by atoms with Gasteiger partial charge in [0.15, 0.2) is 0 Å². The normalized spacial score (nSPS) is 20.4. The minimum atomic E-state index is -0.142. The van der Waals surface area contributed by atoms with Crippen molar-refractivity contribution < 1.29 is 9.53 Å². The Balaban J connectivity index is 1.52. The highest BCUT2D eigenvalue weighted by Crippen LogP contribution is 2.24. The van der Waals surface area contributed by atoms with E-state index < -0.39 is 0 Å². The molecule has 0 saturated heterocycles. The minimum absolute atomic E-state index is 0.0926. The summed E-state index contributed by atoms with van der Waals surface area (Å²) in [6.45, 7) is 0. The molecule has 1 amide bonds. The van der Waals surface area contributed by atoms with Crippen molar-refractivity contribution in [3.63, 3.8) is 0 Å². The Morgan fingerprint density at radius 1 is 1.21 bits per heavy atom. The summed E-state index contributed by atoms with van der Waals surface area (Å²) in [5.74, 6) is -0.142. The topological polar surface area (TPSA) is 64.1 Å². The lowest BCUT2D eigenvalue weighted by molar-refractivity contribution is 0.0885. The van der Waals surface area contributed by atoms with Gasteiger partial charge in [0.05, 0.1) is 10.6 Å². The number of halogens is 2. The predicted molar refractivity (Wildman–Crippen MR) is 95.3 cm³/mol. The van der Waals surface area contributed by atoms with E-state index in [-0.39, 0.29) is 18.1 Å². The van der Waals surface area contributed by atoms with Crippen LogP contribution < -0.4 is 10.1 Å². The zero-order chi connectivity index (χ0) is 16.9. The van der Waals surface area contributed by atoms with Crippen molar-refractivity contribution in [2.75, 3.05) is 0 Å². The van der Waals surface area contributed by atoms with E-state index in [1.54, 1.807) is 30.6 Å². The summed E-state index contributed by atoms with van der Waals surface area (Å²) in [6.07, 6.45) is 6.84. The molecular weight excluding hydrogens is 394 g/mol. The number of aromatic nitrogens is 2. The molecule has 2 aromatic rings. The third kappa shape index (κ3) is 4.45. The van der Waals surface area contributed by atoms with Crippen molar-refractivity contribution in [2.45, 2.75) is 37.8 Å². The van der Waals surface area contributed by atoms with Crippen LogP contribution in [-0.4, -0.2) is 28.0 Å². The van der Waals surface area contributed by atoms with Crippen molar-refractivity contribution in [1.82, 2.24) is 15.3 Å². The van der Waals surface area contributed by atoms with E-state index in [4.69, 9.17) is 16.3 Å². The van der Waals surface area contributed by atoms with Crippen LogP contribution in [0.15, 0.2) is 41.1 Å². The predicted octanol–water partition coefficient (Wildman–Crippen LogP) is 4.01. The molecule has 5 nitrogen and oxygen atoms in total. The molecule has 0 bridgehead atoms. The summed E-state index contributed by atoms with van der Waals surface area (Å²) in [6, 6.07) is 7.55. The van der Waals surface area contributed by atoms with E-state index in [0.29, 0.717) is 16.6 Å². The van der Waals surface area contributed by atoms with Gasteiger partial charge in [-0.1, -0.05) is 27.5 Å². The Labute approximate surface area is 153 Å². The van der Waals surface area contributed by atoms with Crippen molar-refractivity contribution in [1.29, 1.82) is 0 Å². The summed E-state index contributed by atoms with van der Waals surface area (Å²) in [5, 5.41) is 3.51. The number of benzene rings is 1. The van der Waals surface area contributed by atoms with Crippen LogP contribution in [0.3, 0.4) is 0 Å². The van der Waals surface area contributed by atoms with Gasteiger partial charge in [-0.15, -0.1) is 0 Å². The van der Waals surface area contributed by atoms with Gasteiger partial charge < -0.3 is 10.1 Å². The molecule has 1 saturated carbocycles. The van der Waals surface area contributed by atoms with Gasteiger partial charge in [-0.05, 0) is 49.9 Å². The number of hydrogen-bond donors (Lipinski definition) is 1. The van der Waals surface area contributed by atoms with Gasteiger partial charge >= 0.3 is 6.01 Å². The van der Waals surface area contributed by atoms with E-state index in [0.717, 1.165) is 30.2 Å². The SMILES string of the molecule is O=C(NC1CCC(Oc2ncccn2)CC1)c1cc(Br)ccc1Cl. The second kappa shape index (κ2) is 7.94. The van der Waals surface area contributed by atoms with Gasteiger partial charge in [0.25, 0.3) is 5.91 Å². The molecule has 0 radical (unpaired) electrons. The summed E-state index contributed by atoms with van der Waals surface area (Å²) >= 11 is 9.47. The maximum absolute atomic E-state index is 12.4. The first-order chi connectivity index (χ1) is 11.6. The third-order valence-corrected chi connectivity index (χ3v) is 4.82. The second-order valence-electron chi connectivity index (χ2n) is 5.72.